The molecular weight excluding hydrogens is 462 g/mol. The molecule has 1 atom stereocenters. The van der Waals surface area contributed by atoms with Crippen LogP contribution in [0.4, 0.5) is 5.69 Å². The van der Waals surface area contributed by atoms with Gasteiger partial charge in [0, 0.05) is 22.6 Å². The summed E-state index contributed by atoms with van der Waals surface area (Å²) >= 11 is 1.33. The van der Waals surface area contributed by atoms with Gasteiger partial charge in [-0.3, -0.25) is 4.79 Å². The van der Waals surface area contributed by atoms with Crippen molar-refractivity contribution < 1.29 is 27.4 Å². The van der Waals surface area contributed by atoms with Crippen molar-refractivity contribution in [2.75, 3.05) is 19.5 Å². The molecule has 7 nitrogen and oxygen atoms in total. The first kappa shape index (κ1) is 23.1. The van der Waals surface area contributed by atoms with Crippen LogP contribution in [-0.2, 0) is 14.6 Å². The molecule has 1 aliphatic rings. The number of amides is 1. The topological polar surface area (TPSA) is 90.9 Å². The van der Waals surface area contributed by atoms with E-state index in [9.17, 15) is 13.2 Å². The van der Waals surface area contributed by atoms with Crippen molar-refractivity contribution in [2.45, 2.75) is 42.1 Å². The molecule has 4 rings (SSSR count). The van der Waals surface area contributed by atoms with Crippen molar-refractivity contribution in [3.63, 3.8) is 0 Å². The predicted molar refractivity (Wildman–Crippen MR) is 127 cm³/mol. The van der Waals surface area contributed by atoms with Crippen molar-refractivity contribution in [1.82, 2.24) is 0 Å². The van der Waals surface area contributed by atoms with E-state index in [2.05, 4.69) is 5.32 Å². The number of thiophene rings is 1. The van der Waals surface area contributed by atoms with Gasteiger partial charge in [-0.15, -0.1) is 11.3 Å². The molecule has 33 heavy (non-hydrogen) atoms. The Morgan fingerprint density at radius 3 is 2.39 bits per heavy atom. The van der Waals surface area contributed by atoms with E-state index in [1.54, 1.807) is 24.6 Å². The summed E-state index contributed by atoms with van der Waals surface area (Å²) in [6, 6.07) is 11.8. The quantitative estimate of drug-likeness (QED) is 0.512. The van der Waals surface area contributed by atoms with E-state index in [-0.39, 0.29) is 34.1 Å². The average Bonchev–Trinajstić information content (AvgIpc) is 3.22. The molecule has 0 aliphatic carbocycles. The zero-order chi connectivity index (χ0) is 23.8. The highest BCUT2D eigenvalue weighted by atomic mass is 32.2. The van der Waals surface area contributed by atoms with Crippen LogP contribution in [0.15, 0.2) is 57.6 Å². The summed E-state index contributed by atoms with van der Waals surface area (Å²) in [5.74, 6) is 1.22. The van der Waals surface area contributed by atoms with Gasteiger partial charge < -0.3 is 19.5 Å². The maximum Gasteiger partial charge on any atom is 0.225 e. The van der Waals surface area contributed by atoms with E-state index >= 15 is 0 Å². The molecule has 1 aromatic heterocycles. The third-order valence-electron chi connectivity index (χ3n) is 5.37. The molecule has 1 aliphatic heterocycles. The van der Waals surface area contributed by atoms with Crippen molar-refractivity contribution in [2.24, 2.45) is 0 Å². The molecule has 0 radical (unpaired) electrons. The van der Waals surface area contributed by atoms with Gasteiger partial charge in [0.05, 0.1) is 30.9 Å². The summed E-state index contributed by atoms with van der Waals surface area (Å²) in [4.78, 5) is 13.6. The Labute approximate surface area is 197 Å². The number of nitrogens with one attached hydrogen (secondary N) is 1. The summed E-state index contributed by atoms with van der Waals surface area (Å²) in [6.45, 7) is 3.85. The van der Waals surface area contributed by atoms with Crippen LogP contribution in [0.2, 0.25) is 0 Å². The van der Waals surface area contributed by atoms with Crippen LogP contribution in [-0.4, -0.2) is 34.6 Å². The Morgan fingerprint density at radius 1 is 1.03 bits per heavy atom. The Hall–Kier alpha value is -3.04. The third kappa shape index (κ3) is 4.43. The molecule has 1 unspecified atom stereocenters. The second kappa shape index (κ2) is 9.07. The van der Waals surface area contributed by atoms with Crippen LogP contribution >= 0.6 is 11.3 Å². The molecular formula is C24H25NO6S2. The number of rotatable bonds is 7. The Balaban J connectivity index is 1.77. The lowest BCUT2D eigenvalue weighted by Crippen LogP contribution is -2.23. The molecule has 0 spiro atoms. The maximum absolute atomic E-state index is 13.4. The van der Waals surface area contributed by atoms with E-state index in [4.69, 9.17) is 14.2 Å². The fourth-order valence-corrected chi connectivity index (χ4v) is 6.72. The van der Waals surface area contributed by atoms with Crippen molar-refractivity contribution in [1.29, 1.82) is 0 Å². The number of fused-ring (bicyclic) bond motifs is 1. The summed E-state index contributed by atoms with van der Waals surface area (Å²) in [6.07, 6.45) is 0.158. The molecule has 2 aromatic carbocycles. The van der Waals surface area contributed by atoms with Crippen LogP contribution in [0.3, 0.4) is 0 Å². The fraction of sp³-hybridized carbons (Fsp3) is 0.292. The van der Waals surface area contributed by atoms with E-state index in [0.29, 0.717) is 22.9 Å². The minimum absolute atomic E-state index is 0.0534. The number of anilines is 1. The minimum atomic E-state index is -3.83. The molecule has 0 fully saturated rings. The lowest BCUT2D eigenvalue weighted by atomic mass is 9.90. The first-order valence-electron chi connectivity index (χ1n) is 10.4. The van der Waals surface area contributed by atoms with Gasteiger partial charge in [-0.25, -0.2) is 8.42 Å². The highest BCUT2D eigenvalue weighted by molar-refractivity contribution is 7.91. The van der Waals surface area contributed by atoms with Gasteiger partial charge in [0.25, 0.3) is 0 Å². The predicted octanol–water partition coefficient (Wildman–Crippen LogP) is 4.86. The van der Waals surface area contributed by atoms with E-state index in [1.165, 1.54) is 30.6 Å². The summed E-state index contributed by atoms with van der Waals surface area (Å²) in [5, 5.41) is 4.38. The van der Waals surface area contributed by atoms with E-state index in [1.807, 2.05) is 32.0 Å². The number of carbonyl (C=O) groups is 1. The van der Waals surface area contributed by atoms with Crippen molar-refractivity contribution in [3.05, 3.63) is 58.3 Å². The fourth-order valence-electron chi connectivity index (χ4n) is 3.81. The largest absolute Gasteiger partial charge is 0.497 e. The second-order valence-corrected chi connectivity index (χ2v) is 10.7. The van der Waals surface area contributed by atoms with E-state index in [0.717, 1.165) is 10.4 Å². The monoisotopic (exact) mass is 487 g/mol. The van der Waals surface area contributed by atoms with Crippen LogP contribution in [0, 0.1) is 0 Å². The van der Waals surface area contributed by atoms with Gasteiger partial charge in [0.15, 0.2) is 11.5 Å². The molecule has 2 heterocycles. The minimum Gasteiger partial charge on any atom is -0.497 e. The number of hydrogen-bond donors (Lipinski definition) is 1. The van der Waals surface area contributed by atoms with Gasteiger partial charge in [-0.05, 0) is 55.8 Å². The second-order valence-electron chi connectivity index (χ2n) is 7.90. The first-order valence-corrected chi connectivity index (χ1v) is 12.8. The zero-order valence-corrected chi connectivity index (χ0v) is 20.4. The van der Waals surface area contributed by atoms with Crippen LogP contribution in [0.1, 0.15) is 36.6 Å². The Kier molecular flexibility index (Phi) is 6.36. The third-order valence-corrected chi connectivity index (χ3v) is 8.41. The van der Waals surface area contributed by atoms with Crippen LogP contribution in [0.5, 0.6) is 17.2 Å². The van der Waals surface area contributed by atoms with Crippen LogP contribution in [0.25, 0.3) is 0 Å². The molecule has 0 saturated heterocycles. The molecule has 174 valence electrons. The summed E-state index contributed by atoms with van der Waals surface area (Å²) < 4.78 is 43.1. The summed E-state index contributed by atoms with van der Waals surface area (Å²) in [5.41, 5.74) is 1.21. The van der Waals surface area contributed by atoms with Gasteiger partial charge >= 0.3 is 0 Å². The lowest BCUT2D eigenvalue weighted by Gasteiger charge is -2.25. The average molecular weight is 488 g/mol. The number of benzene rings is 2. The Bertz CT molecular complexity index is 1280. The number of hydrogen-bond acceptors (Lipinski definition) is 7. The van der Waals surface area contributed by atoms with E-state index < -0.39 is 9.84 Å². The highest BCUT2D eigenvalue weighted by Crippen LogP contribution is 2.47. The SMILES string of the molecule is COc1ccc(S(=O)(=O)c2csc3c2NC(=O)CC3c2ccc(OC)c(OC(C)C)c2)cc1. The molecule has 9 heteroatoms. The molecule has 3 aromatic rings. The van der Waals surface area contributed by atoms with Gasteiger partial charge in [-0.2, -0.15) is 0 Å². The standard InChI is InChI=1S/C24H25NO6S2/c1-14(2)31-20-11-15(5-10-19(20)30-4)18-12-22(26)25-23-21(13-32-24(18)23)33(27,28)17-8-6-16(29-3)7-9-17/h5-11,13-14,18H,12H2,1-4H3,(H,25,26). The number of ether oxygens (including phenoxy) is 3. The zero-order valence-electron chi connectivity index (χ0n) is 18.7. The van der Waals surface area contributed by atoms with Crippen molar-refractivity contribution in [3.8, 4) is 17.2 Å². The lowest BCUT2D eigenvalue weighted by molar-refractivity contribution is -0.116. The maximum atomic E-state index is 13.4. The van der Waals surface area contributed by atoms with Gasteiger partial charge in [0.2, 0.25) is 15.7 Å². The molecule has 0 bridgehead atoms. The van der Waals surface area contributed by atoms with Gasteiger partial charge in [0.1, 0.15) is 10.6 Å². The van der Waals surface area contributed by atoms with Gasteiger partial charge in [-0.1, -0.05) is 6.07 Å². The number of carbonyl (C=O) groups excluding carboxylic acids is 1. The molecule has 1 amide bonds. The smallest absolute Gasteiger partial charge is 0.225 e. The number of sulfone groups is 1. The normalized spacial score (nSPS) is 15.7. The molecule has 0 saturated carbocycles. The first-order chi connectivity index (χ1) is 15.7. The highest BCUT2D eigenvalue weighted by Gasteiger charge is 2.34. The Morgan fingerprint density at radius 2 is 1.76 bits per heavy atom. The molecule has 1 N–H and O–H groups in total. The van der Waals surface area contributed by atoms with Crippen LogP contribution < -0.4 is 19.5 Å². The number of methoxy groups -OCH3 is 2. The summed E-state index contributed by atoms with van der Waals surface area (Å²) in [7, 11) is -0.738. The van der Waals surface area contributed by atoms with Crippen molar-refractivity contribution >= 4 is 32.8 Å².